The van der Waals surface area contributed by atoms with E-state index >= 15 is 0 Å². The van der Waals surface area contributed by atoms with Crippen LogP contribution in [0.15, 0.2) is 0 Å². The van der Waals surface area contributed by atoms with Crippen molar-refractivity contribution < 1.29 is 4.79 Å². The number of carbonyl (C=O) groups excluding carboxylic acids is 1. The second-order valence-corrected chi connectivity index (χ2v) is 3.50. The van der Waals surface area contributed by atoms with Gasteiger partial charge in [-0.05, 0) is 20.4 Å². The first-order chi connectivity index (χ1) is 6.20. The van der Waals surface area contributed by atoms with Gasteiger partial charge in [-0.2, -0.15) is 0 Å². The first-order valence-corrected chi connectivity index (χ1v) is 4.89. The molecule has 0 aromatic heterocycles. The van der Waals surface area contributed by atoms with Crippen LogP contribution in [0.2, 0.25) is 0 Å². The highest BCUT2D eigenvalue weighted by Crippen LogP contribution is 2.08. The smallest absolute Gasteiger partial charge is 0.241 e. The maximum absolute atomic E-state index is 11.8. The molecule has 0 saturated carbocycles. The molecule has 0 bridgehead atoms. The third kappa shape index (κ3) is 2.19. The average Bonchev–Trinajstić information content (AvgIpc) is 2.25. The Labute approximate surface area is 79.7 Å². The highest BCUT2D eigenvalue weighted by Gasteiger charge is 2.28. The van der Waals surface area contributed by atoms with Crippen LogP contribution in [0.3, 0.4) is 0 Å². The fraction of sp³-hybridized carbons (Fsp3) is 0.889. The summed E-state index contributed by atoms with van der Waals surface area (Å²) < 4.78 is 0. The number of nitrogens with two attached hydrogens (primary N) is 1. The van der Waals surface area contributed by atoms with Crippen LogP contribution in [0.5, 0.6) is 0 Å². The van der Waals surface area contributed by atoms with E-state index in [1.54, 1.807) is 0 Å². The Kier molecular flexibility index (Phi) is 3.69. The molecule has 1 aliphatic rings. The van der Waals surface area contributed by atoms with Gasteiger partial charge >= 0.3 is 0 Å². The Balaban J connectivity index is 2.71. The minimum Gasteiger partial charge on any atom is -0.342 e. The summed E-state index contributed by atoms with van der Waals surface area (Å²) in [7, 11) is 1.97. The number of hydrogen-bond acceptors (Lipinski definition) is 3. The lowest BCUT2D eigenvalue weighted by Crippen LogP contribution is -2.48. The van der Waals surface area contributed by atoms with E-state index < -0.39 is 0 Å². The van der Waals surface area contributed by atoms with Crippen LogP contribution < -0.4 is 5.73 Å². The maximum atomic E-state index is 11.8. The van der Waals surface area contributed by atoms with Crippen LogP contribution in [-0.2, 0) is 4.79 Å². The van der Waals surface area contributed by atoms with E-state index in [1.165, 1.54) is 0 Å². The molecule has 1 atom stereocenters. The number of carbonyl (C=O) groups is 1. The molecule has 2 N–H and O–H groups in total. The topological polar surface area (TPSA) is 49.6 Å². The molecule has 0 spiro atoms. The molecule has 1 fully saturated rings. The van der Waals surface area contributed by atoms with E-state index in [0.717, 1.165) is 26.1 Å². The molecule has 1 heterocycles. The molecule has 4 nitrogen and oxygen atoms in total. The van der Waals surface area contributed by atoms with Crippen LogP contribution in [0.25, 0.3) is 0 Å². The Bertz CT molecular complexity index is 184. The summed E-state index contributed by atoms with van der Waals surface area (Å²) in [6.45, 7) is 5.06. The standard InChI is InChI=1S/C9H19N3O/c1-3-12-6-4-5-11(2)8(7-10)9(12)13/h8H,3-7,10H2,1-2H3. The molecule has 13 heavy (non-hydrogen) atoms. The summed E-state index contributed by atoms with van der Waals surface area (Å²) in [4.78, 5) is 15.8. The van der Waals surface area contributed by atoms with Crippen LogP contribution in [-0.4, -0.2) is 55.0 Å². The van der Waals surface area contributed by atoms with Gasteiger partial charge in [0.15, 0.2) is 0 Å². The highest BCUT2D eigenvalue weighted by atomic mass is 16.2. The third-order valence-corrected chi connectivity index (χ3v) is 2.67. The number of rotatable bonds is 2. The van der Waals surface area contributed by atoms with Crippen LogP contribution in [0.4, 0.5) is 0 Å². The van der Waals surface area contributed by atoms with Gasteiger partial charge in [0, 0.05) is 26.2 Å². The summed E-state index contributed by atoms with van der Waals surface area (Å²) in [6, 6.07) is -0.109. The van der Waals surface area contributed by atoms with E-state index in [0.29, 0.717) is 6.54 Å². The largest absolute Gasteiger partial charge is 0.342 e. The molecule has 76 valence electrons. The zero-order valence-corrected chi connectivity index (χ0v) is 8.49. The Morgan fingerprint density at radius 3 is 2.77 bits per heavy atom. The summed E-state index contributed by atoms with van der Waals surface area (Å²) in [6.07, 6.45) is 1.05. The molecule has 0 aromatic rings. The molecule has 0 aliphatic carbocycles. The van der Waals surface area contributed by atoms with E-state index in [4.69, 9.17) is 5.73 Å². The van der Waals surface area contributed by atoms with E-state index in [2.05, 4.69) is 4.90 Å². The Morgan fingerprint density at radius 2 is 2.23 bits per heavy atom. The van der Waals surface area contributed by atoms with Gasteiger partial charge in [0.1, 0.15) is 6.04 Å². The first kappa shape index (κ1) is 10.5. The molecule has 1 amide bonds. The average molecular weight is 185 g/mol. The molecule has 1 aliphatic heterocycles. The predicted molar refractivity (Wildman–Crippen MR) is 52.3 cm³/mol. The van der Waals surface area contributed by atoms with Gasteiger partial charge in [-0.15, -0.1) is 0 Å². The van der Waals surface area contributed by atoms with Gasteiger partial charge in [-0.3, -0.25) is 9.69 Å². The van der Waals surface area contributed by atoms with E-state index in [-0.39, 0.29) is 11.9 Å². The predicted octanol–water partition coefficient (Wildman–Crippen LogP) is -0.502. The van der Waals surface area contributed by atoms with E-state index in [9.17, 15) is 4.79 Å². The molecule has 0 aromatic carbocycles. The minimum atomic E-state index is -0.109. The Hall–Kier alpha value is -0.610. The molecule has 1 rings (SSSR count). The van der Waals surface area contributed by atoms with Crippen molar-refractivity contribution in [2.45, 2.75) is 19.4 Å². The molecular formula is C9H19N3O. The van der Waals surface area contributed by atoms with Crippen molar-refractivity contribution in [3.63, 3.8) is 0 Å². The van der Waals surface area contributed by atoms with Gasteiger partial charge in [0.25, 0.3) is 0 Å². The monoisotopic (exact) mass is 185 g/mol. The summed E-state index contributed by atoms with van der Waals surface area (Å²) in [5.41, 5.74) is 5.58. The van der Waals surface area contributed by atoms with Crippen LogP contribution in [0.1, 0.15) is 13.3 Å². The fourth-order valence-electron chi connectivity index (χ4n) is 1.77. The second kappa shape index (κ2) is 4.58. The maximum Gasteiger partial charge on any atom is 0.241 e. The van der Waals surface area contributed by atoms with Gasteiger partial charge in [0.05, 0.1) is 0 Å². The van der Waals surface area contributed by atoms with Gasteiger partial charge in [0.2, 0.25) is 5.91 Å². The normalized spacial score (nSPS) is 26.2. The number of hydrogen-bond donors (Lipinski definition) is 1. The molecule has 1 unspecified atom stereocenters. The second-order valence-electron chi connectivity index (χ2n) is 3.50. The molecule has 1 saturated heterocycles. The Morgan fingerprint density at radius 1 is 1.54 bits per heavy atom. The number of amides is 1. The van der Waals surface area contributed by atoms with Crippen molar-refractivity contribution in [2.75, 3.05) is 33.2 Å². The third-order valence-electron chi connectivity index (χ3n) is 2.67. The van der Waals surface area contributed by atoms with Crippen molar-refractivity contribution in [3.8, 4) is 0 Å². The minimum absolute atomic E-state index is 0.109. The fourth-order valence-corrected chi connectivity index (χ4v) is 1.77. The lowest BCUT2D eigenvalue weighted by molar-refractivity contribution is -0.134. The number of likely N-dealkylation sites (N-methyl/N-ethyl adjacent to an activating group) is 2. The first-order valence-electron chi connectivity index (χ1n) is 4.89. The molecule has 0 radical (unpaired) electrons. The summed E-state index contributed by atoms with van der Waals surface area (Å²) in [5.74, 6) is 0.185. The summed E-state index contributed by atoms with van der Waals surface area (Å²) in [5, 5.41) is 0. The highest BCUT2D eigenvalue weighted by molar-refractivity contribution is 5.82. The number of nitrogens with zero attached hydrogens (tertiary/aromatic N) is 2. The van der Waals surface area contributed by atoms with Crippen molar-refractivity contribution in [1.82, 2.24) is 9.80 Å². The quantitative estimate of drug-likeness (QED) is 0.631. The van der Waals surface area contributed by atoms with Crippen molar-refractivity contribution in [2.24, 2.45) is 5.73 Å². The van der Waals surface area contributed by atoms with Crippen LogP contribution >= 0.6 is 0 Å². The van der Waals surface area contributed by atoms with Gasteiger partial charge < -0.3 is 10.6 Å². The zero-order chi connectivity index (χ0) is 9.84. The lowest BCUT2D eigenvalue weighted by Gasteiger charge is -2.26. The van der Waals surface area contributed by atoms with Gasteiger partial charge in [-0.1, -0.05) is 0 Å². The SMILES string of the molecule is CCN1CCCN(C)C(CN)C1=O. The van der Waals surface area contributed by atoms with Crippen molar-refractivity contribution in [1.29, 1.82) is 0 Å². The van der Waals surface area contributed by atoms with E-state index in [1.807, 2.05) is 18.9 Å². The van der Waals surface area contributed by atoms with Gasteiger partial charge in [-0.25, -0.2) is 0 Å². The van der Waals surface area contributed by atoms with Crippen molar-refractivity contribution >= 4 is 5.91 Å². The summed E-state index contributed by atoms with van der Waals surface area (Å²) >= 11 is 0. The molecule has 4 heteroatoms. The zero-order valence-electron chi connectivity index (χ0n) is 8.49. The molecular weight excluding hydrogens is 166 g/mol. The lowest BCUT2D eigenvalue weighted by atomic mass is 10.2. The van der Waals surface area contributed by atoms with Crippen molar-refractivity contribution in [3.05, 3.63) is 0 Å². The van der Waals surface area contributed by atoms with Crippen LogP contribution in [0, 0.1) is 0 Å².